The van der Waals surface area contributed by atoms with Gasteiger partial charge in [-0.1, -0.05) is 12.1 Å². The molecule has 0 atom stereocenters. The summed E-state index contributed by atoms with van der Waals surface area (Å²) < 4.78 is 0. The maximum Gasteiger partial charge on any atom is 0.321 e. The van der Waals surface area contributed by atoms with Gasteiger partial charge in [0.15, 0.2) is 0 Å². The van der Waals surface area contributed by atoms with Gasteiger partial charge >= 0.3 is 6.03 Å². The fourth-order valence-corrected chi connectivity index (χ4v) is 3.21. The third kappa shape index (κ3) is 3.96. The Hall–Kier alpha value is -3.87. The van der Waals surface area contributed by atoms with Crippen LogP contribution in [0, 0.1) is 0 Å². The summed E-state index contributed by atoms with van der Waals surface area (Å²) >= 11 is 0. The van der Waals surface area contributed by atoms with Crippen molar-refractivity contribution in [2.24, 2.45) is 0 Å². The molecule has 0 spiro atoms. The van der Waals surface area contributed by atoms with Crippen LogP contribution in [0.4, 0.5) is 10.5 Å². The fourth-order valence-electron chi connectivity index (χ4n) is 3.21. The van der Waals surface area contributed by atoms with E-state index < -0.39 is 0 Å². The number of hydrogen-bond acceptors (Lipinski definition) is 5. The zero-order valence-electron chi connectivity index (χ0n) is 16.9. The normalized spacial score (nSPS) is 10.7. The number of hydrogen-bond donors (Lipinski definition) is 1. The quantitative estimate of drug-likeness (QED) is 0.530. The highest BCUT2D eigenvalue weighted by Gasteiger charge is 2.16. The first-order valence-corrected chi connectivity index (χ1v) is 9.90. The van der Waals surface area contributed by atoms with E-state index in [4.69, 9.17) is 9.97 Å². The lowest BCUT2D eigenvalue weighted by molar-refractivity contribution is 0.217. The molecule has 0 radical (unpaired) electrons. The van der Waals surface area contributed by atoms with Crippen molar-refractivity contribution in [2.75, 3.05) is 18.4 Å². The Morgan fingerprint density at radius 3 is 1.97 bits per heavy atom. The lowest BCUT2D eigenvalue weighted by Crippen LogP contribution is -2.34. The van der Waals surface area contributed by atoms with Crippen LogP contribution in [-0.4, -0.2) is 44.0 Å². The summed E-state index contributed by atoms with van der Waals surface area (Å²) in [6.07, 6.45) is 3.46. The molecule has 0 saturated heterocycles. The number of benzene rings is 1. The molecule has 0 saturated carbocycles. The predicted octanol–water partition coefficient (Wildman–Crippen LogP) is 4.63. The van der Waals surface area contributed by atoms with E-state index in [0.717, 1.165) is 11.2 Å². The number of carbonyl (C=O) groups excluding carboxylic acids is 1. The van der Waals surface area contributed by atoms with Gasteiger partial charge in [0.05, 0.1) is 22.4 Å². The van der Waals surface area contributed by atoms with Gasteiger partial charge in [-0.2, -0.15) is 0 Å². The van der Waals surface area contributed by atoms with Crippen LogP contribution in [-0.2, 0) is 0 Å². The van der Waals surface area contributed by atoms with Crippen molar-refractivity contribution in [3.05, 3.63) is 67.0 Å². The molecule has 7 heteroatoms. The maximum absolute atomic E-state index is 12.4. The molecular weight excluding hydrogens is 376 g/mol. The largest absolute Gasteiger partial charge is 0.325 e. The molecule has 0 aliphatic rings. The number of pyridine rings is 2. The SMILES string of the molecule is CCN(CC)C(=O)Nc1ccc2nc(-c3ccccn3)c(-c3ccccn3)nc2c1. The van der Waals surface area contributed by atoms with Crippen LogP contribution >= 0.6 is 0 Å². The molecule has 1 aromatic carbocycles. The number of anilines is 1. The van der Waals surface area contributed by atoms with E-state index in [9.17, 15) is 4.79 Å². The highest BCUT2D eigenvalue weighted by atomic mass is 16.2. The van der Waals surface area contributed by atoms with Crippen molar-refractivity contribution < 1.29 is 4.79 Å². The number of rotatable bonds is 5. The number of nitrogens with one attached hydrogen (secondary N) is 1. The molecule has 0 unspecified atom stereocenters. The lowest BCUT2D eigenvalue weighted by atomic mass is 10.1. The average molecular weight is 398 g/mol. The molecule has 4 rings (SSSR count). The molecular formula is C23H22N6O. The van der Waals surface area contributed by atoms with Crippen LogP contribution < -0.4 is 5.32 Å². The Kier molecular flexibility index (Phi) is 5.61. The summed E-state index contributed by atoms with van der Waals surface area (Å²) in [5, 5.41) is 2.93. The molecule has 0 aliphatic carbocycles. The summed E-state index contributed by atoms with van der Waals surface area (Å²) in [6, 6.07) is 16.7. The van der Waals surface area contributed by atoms with Crippen LogP contribution in [0.1, 0.15) is 13.8 Å². The summed E-state index contributed by atoms with van der Waals surface area (Å²) in [5.74, 6) is 0. The highest BCUT2D eigenvalue weighted by Crippen LogP contribution is 2.29. The van der Waals surface area contributed by atoms with Gasteiger partial charge in [-0.3, -0.25) is 9.97 Å². The van der Waals surface area contributed by atoms with E-state index in [0.29, 0.717) is 41.4 Å². The molecule has 3 aromatic heterocycles. The molecule has 0 fully saturated rings. The summed E-state index contributed by atoms with van der Waals surface area (Å²) in [7, 11) is 0. The van der Waals surface area contributed by atoms with Gasteiger partial charge in [-0.25, -0.2) is 14.8 Å². The number of aromatic nitrogens is 4. The topological polar surface area (TPSA) is 83.9 Å². The highest BCUT2D eigenvalue weighted by molar-refractivity contribution is 5.93. The van der Waals surface area contributed by atoms with Gasteiger partial charge in [0.1, 0.15) is 11.4 Å². The monoisotopic (exact) mass is 398 g/mol. The maximum atomic E-state index is 12.4. The van der Waals surface area contributed by atoms with Crippen molar-refractivity contribution >= 4 is 22.8 Å². The number of nitrogens with zero attached hydrogens (tertiary/aromatic N) is 5. The summed E-state index contributed by atoms with van der Waals surface area (Å²) in [5.41, 5.74) is 4.82. The Morgan fingerprint density at radius 1 is 0.833 bits per heavy atom. The minimum absolute atomic E-state index is 0.137. The number of amides is 2. The zero-order chi connectivity index (χ0) is 20.9. The Bertz CT molecular complexity index is 1160. The first-order chi connectivity index (χ1) is 14.7. The van der Waals surface area contributed by atoms with Crippen molar-refractivity contribution in [3.63, 3.8) is 0 Å². The van der Waals surface area contributed by atoms with Crippen LogP contribution in [0.5, 0.6) is 0 Å². The van der Waals surface area contributed by atoms with Gasteiger partial charge in [0.25, 0.3) is 0 Å². The molecule has 4 aromatic rings. The third-order valence-electron chi connectivity index (χ3n) is 4.78. The Balaban J connectivity index is 1.81. The molecule has 30 heavy (non-hydrogen) atoms. The molecule has 0 bridgehead atoms. The van der Waals surface area contributed by atoms with Crippen LogP contribution in [0.15, 0.2) is 67.0 Å². The molecule has 150 valence electrons. The van der Waals surface area contributed by atoms with E-state index in [1.54, 1.807) is 17.3 Å². The first kappa shape index (κ1) is 19.4. The molecule has 7 nitrogen and oxygen atoms in total. The van der Waals surface area contributed by atoms with Crippen molar-refractivity contribution in [2.45, 2.75) is 13.8 Å². The van der Waals surface area contributed by atoms with Crippen LogP contribution in [0.3, 0.4) is 0 Å². The number of fused-ring (bicyclic) bond motifs is 1. The molecule has 2 amide bonds. The van der Waals surface area contributed by atoms with Crippen molar-refractivity contribution in [3.8, 4) is 22.8 Å². The van der Waals surface area contributed by atoms with Gasteiger partial charge in [0.2, 0.25) is 0 Å². The predicted molar refractivity (Wildman–Crippen MR) is 118 cm³/mol. The smallest absolute Gasteiger partial charge is 0.321 e. The molecule has 3 heterocycles. The van der Waals surface area contributed by atoms with Crippen LogP contribution in [0.2, 0.25) is 0 Å². The van der Waals surface area contributed by atoms with Crippen molar-refractivity contribution in [1.82, 2.24) is 24.8 Å². The van der Waals surface area contributed by atoms with Crippen molar-refractivity contribution in [1.29, 1.82) is 0 Å². The zero-order valence-corrected chi connectivity index (χ0v) is 16.9. The molecule has 0 aliphatic heterocycles. The second-order valence-electron chi connectivity index (χ2n) is 6.66. The van der Waals surface area contributed by atoms with Gasteiger partial charge < -0.3 is 10.2 Å². The number of urea groups is 1. The van der Waals surface area contributed by atoms with E-state index in [1.165, 1.54) is 0 Å². The van der Waals surface area contributed by atoms with Gasteiger partial charge in [0, 0.05) is 31.2 Å². The Labute approximate surface area is 174 Å². The third-order valence-corrected chi connectivity index (χ3v) is 4.78. The number of carbonyl (C=O) groups is 1. The first-order valence-electron chi connectivity index (χ1n) is 9.90. The second-order valence-corrected chi connectivity index (χ2v) is 6.66. The summed E-state index contributed by atoms with van der Waals surface area (Å²) in [6.45, 7) is 5.19. The van der Waals surface area contributed by atoms with E-state index in [1.807, 2.05) is 68.4 Å². The lowest BCUT2D eigenvalue weighted by Gasteiger charge is -2.19. The minimum Gasteiger partial charge on any atom is -0.325 e. The minimum atomic E-state index is -0.137. The fraction of sp³-hybridized carbons (Fsp3) is 0.174. The van der Waals surface area contributed by atoms with Gasteiger partial charge in [-0.05, 0) is 56.3 Å². The summed E-state index contributed by atoms with van der Waals surface area (Å²) in [4.78, 5) is 32.7. The molecule has 1 N–H and O–H groups in total. The standard InChI is InChI=1S/C23H22N6O/c1-3-29(4-2)23(30)26-16-11-12-17-20(15-16)28-22(19-10-6-8-14-25-19)21(27-17)18-9-5-7-13-24-18/h5-15H,3-4H2,1-2H3,(H,26,30). The van der Waals surface area contributed by atoms with E-state index in [-0.39, 0.29) is 6.03 Å². The second kappa shape index (κ2) is 8.65. The van der Waals surface area contributed by atoms with E-state index >= 15 is 0 Å². The van der Waals surface area contributed by atoms with E-state index in [2.05, 4.69) is 15.3 Å². The van der Waals surface area contributed by atoms with Gasteiger partial charge in [-0.15, -0.1) is 0 Å². The average Bonchev–Trinajstić information content (AvgIpc) is 2.80. The Morgan fingerprint density at radius 2 is 1.43 bits per heavy atom. The van der Waals surface area contributed by atoms with Crippen LogP contribution in [0.25, 0.3) is 33.8 Å².